The normalized spacial score (nSPS) is 11.7. The van der Waals surface area contributed by atoms with Crippen molar-refractivity contribution in [1.82, 2.24) is 20.2 Å². The molecular weight excluding hydrogens is 534 g/mol. The number of halogens is 3. The highest BCUT2D eigenvalue weighted by Crippen LogP contribution is 2.41. The number of hydrogen-bond acceptors (Lipinski definition) is 3. The minimum Gasteiger partial charge on any atom is -0.416 e. The smallest absolute Gasteiger partial charge is 0.248 e. The Kier molecular flexibility index (Phi) is 5.72. The molecule has 39 heavy (non-hydrogen) atoms. The number of nitrogens with zero attached hydrogens (tertiary/aromatic N) is 2. The van der Waals surface area contributed by atoms with E-state index >= 15 is 0 Å². The number of aromatic amines is 2. The van der Waals surface area contributed by atoms with Gasteiger partial charge in [-0.3, -0.25) is 0 Å². The zero-order valence-corrected chi connectivity index (χ0v) is 21.8. The van der Waals surface area contributed by atoms with E-state index in [2.05, 4.69) is 32.3 Å². The number of aromatic nitrogens is 4. The van der Waals surface area contributed by atoms with E-state index in [9.17, 15) is 4.39 Å². The predicted molar refractivity (Wildman–Crippen MR) is 153 cm³/mol. The second kappa shape index (κ2) is 9.42. The highest BCUT2D eigenvalue weighted by molar-refractivity contribution is 6.31. The molecule has 0 aliphatic rings. The molecule has 7 aromatic rings. The Bertz CT molecular complexity index is 1890. The van der Waals surface area contributed by atoms with Gasteiger partial charge in [-0.15, -0.1) is 10.2 Å². The molecule has 0 saturated carbocycles. The van der Waals surface area contributed by atoms with Crippen LogP contribution >= 0.6 is 23.2 Å². The van der Waals surface area contributed by atoms with Crippen LogP contribution in [0.25, 0.3) is 44.7 Å². The fraction of sp³-hybridized carbons (Fsp3) is 0.0323. The molecule has 4 aromatic carbocycles. The summed E-state index contributed by atoms with van der Waals surface area (Å²) in [5, 5.41) is 11.7. The molecular formula is C31H19Cl2FN4O. The molecule has 0 fully saturated rings. The van der Waals surface area contributed by atoms with E-state index in [1.807, 2.05) is 60.9 Å². The van der Waals surface area contributed by atoms with Gasteiger partial charge in [-0.05, 0) is 83.4 Å². The molecule has 2 N–H and O–H groups in total. The van der Waals surface area contributed by atoms with Crippen LogP contribution in [-0.4, -0.2) is 20.2 Å². The molecule has 0 saturated heterocycles. The molecule has 3 aromatic heterocycles. The first kappa shape index (κ1) is 23.7. The molecule has 5 nitrogen and oxygen atoms in total. The summed E-state index contributed by atoms with van der Waals surface area (Å²) in [6.07, 6.45) is 4.07. The van der Waals surface area contributed by atoms with E-state index in [1.54, 1.807) is 12.1 Å². The summed E-state index contributed by atoms with van der Waals surface area (Å²) < 4.78 is 19.5. The average molecular weight is 553 g/mol. The Hall–Kier alpha value is -4.39. The molecule has 0 radical (unpaired) electrons. The van der Waals surface area contributed by atoms with Crippen molar-refractivity contribution >= 4 is 45.0 Å². The van der Waals surface area contributed by atoms with E-state index < -0.39 is 0 Å². The zero-order valence-electron chi connectivity index (χ0n) is 20.3. The minimum absolute atomic E-state index is 0.121. The maximum absolute atomic E-state index is 13.7. The van der Waals surface area contributed by atoms with Gasteiger partial charge in [0.25, 0.3) is 0 Å². The topological polar surface area (TPSA) is 70.5 Å². The number of fused-ring (bicyclic) bond motifs is 2. The maximum Gasteiger partial charge on any atom is 0.248 e. The van der Waals surface area contributed by atoms with Gasteiger partial charge in [0, 0.05) is 61.3 Å². The third kappa shape index (κ3) is 4.28. The van der Waals surface area contributed by atoms with E-state index in [0.29, 0.717) is 21.5 Å². The van der Waals surface area contributed by atoms with Crippen molar-refractivity contribution in [3.05, 3.63) is 130 Å². The molecule has 8 heteroatoms. The summed E-state index contributed by atoms with van der Waals surface area (Å²) in [5.74, 6) is 0.136. The van der Waals surface area contributed by atoms with Crippen LogP contribution in [0.4, 0.5) is 4.39 Å². The van der Waals surface area contributed by atoms with E-state index in [-0.39, 0.29) is 17.6 Å². The Balaban J connectivity index is 1.33. The number of benzene rings is 4. The van der Waals surface area contributed by atoms with Crippen LogP contribution in [-0.2, 0) is 0 Å². The molecule has 0 spiro atoms. The Morgan fingerprint density at radius 2 is 1.26 bits per heavy atom. The highest BCUT2D eigenvalue weighted by Gasteiger charge is 2.24. The van der Waals surface area contributed by atoms with Crippen molar-refractivity contribution in [2.75, 3.05) is 0 Å². The summed E-state index contributed by atoms with van der Waals surface area (Å²) in [6, 6.07) is 25.8. The summed E-state index contributed by atoms with van der Waals surface area (Å²) in [5.41, 5.74) is 6.54. The fourth-order valence-corrected chi connectivity index (χ4v) is 5.47. The summed E-state index contributed by atoms with van der Waals surface area (Å²) in [4.78, 5) is 6.78. The van der Waals surface area contributed by atoms with Gasteiger partial charge in [-0.2, -0.15) is 0 Å². The largest absolute Gasteiger partial charge is 0.416 e. The maximum atomic E-state index is 13.7. The quantitative estimate of drug-likeness (QED) is 0.224. The number of hydrogen-bond donors (Lipinski definition) is 2. The SMILES string of the molecule is Fc1cccc(-c2nnc(-c3ccc(C(c4c[nH]c5ccc(Cl)cc45)c4c[nH]c5ccc(Cl)cc45)cc3)o2)c1. The van der Waals surface area contributed by atoms with Crippen LogP contribution in [0.2, 0.25) is 10.0 Å². The van der Waals surface area contributed by atoms with Gasteiger partial charge >= 0.3 is 0 Å². The number of rotatable bonds is 5. The Morgan fingerprint density at radius 3 is 1.85 bits per heavy atom. The molecule has 0 aliphatic heterocycles. The van der Waals surface area contributed by atoms with Crippen molar-refractivity contribution in [3.8, 4) is 22.9 Å². The van der Waals surface area contributed by atoms with Crippen molar-refractivity contribution in [1.29, 1.82) is 0 Å². The monoisotopic (exact) mass is 552 g/mol. The van der Waals surface area contributed by atoms with Gasteiger partial charge in [0.15, 0.2) is 0 Å². The third-order valence-corrected chi connectivity index (χ3v) is 7.43. The van der Waals surface area contributed by atoms with E-state index in [4.69, 9.17) is 27.6 Å². The second-order valence-corrected chi connectivity index (χ2v) is 10.2. The van der Waals surface area contributed by atoms with Gasteiger partial charge in [0.1, 0.15) is 5.82 Å². The zero-order chi connectivity index (χ0) is 26.5. The number of nitrogens with one attached hydrogen (secondary N) is 2. The lowest BCUT2D eigenvalue weighted by atomic mass is 9.84. The van der Waals surface area contributed by atoms with Crippen LogP contribution in [0.1, 0.15) is 22.6 Å². The van der Waals surface area contributed by atoms with Crippen molar-refractivity contribution in [2.24, 2.45) is 0 Å². The predicted octanol–water partition coefficient (Wildman–Crippen LogP) is 8.99. The van der Waals surface area contributed by atoms with Gasteiger partial charge in [0.05, 0.1) is 0 Å². The van der Waals surface area contributed by atoms with E-state index in [0.717, 1.165) is 44.1 Å². The van der Waals surface area contributed by atoms with Crippen LogP contribution in [0.3, 0.4) is 0 Å². The van der Waals surface area contributed by atoms with Crippen LogP contribution in [0.15, 0.2) is 102 Å². The van der Waals surface area contributed by atoms with Gasteiger partial charge < -0.3 is 14.4 Å². The summed E-state index contributed by atoms with van der Waals surface area (Å²) in [7, 11) is 0. The van der Waals surface area contributed by atoms with Crippen molar-refractivity contribution in [3.63, 3.8) is 0 Å². The Morgan fingerprint density at radius 1 is 0.667 bits per heavy atom. The molecule has 3 heterocycles. The first-order valence-corrected chi connectivity index (χ1v) is 13.0. The third-order valence-electron chi connectivity index (χ3n) is 6.96. The lowest BCUT2D eigenvalue weighted by Crippen LogP contribution is -2.02. The molecule has 0 atom stereocenters. The molecule has 0 amide bonds. The van der Waals surface area contributed by atoms with Crippen LogP contribution < -0.4 is 0 Å². The number of H-pyrrole nitrogens is 2. The lowest BCUT2D eigenvalue weighted by molar-refractivity contribution is 0.582. The van der Waals surface area contributed by atoms with E-state index in [1.165, 1.54) is 12.1 Å². The summed E-state index contributed by atoms with van der Waals surface area (Å²) >= 11 is 12.8. The Labute approximate surface area is 232 Å². The molecule has 0 aliphatic carbocycles. The molecule has 0 unspecified atom stereocenters. The molecule has 0 bridgehead atoms. The summed E-state index contributed by atoms with van der Waals surface area (Å²) in [6.45, 7) is 0. The van der Waals surface area contributed by atoms with Gasteiger partial charge in [-0.25, -0.2) is 4.39 Å². The van der Waals surface area contributed by atoms with Crippen LogP contribution in [0.5, 0.6) is 0 Å². The lowest BCUT2D eigenvalue weighted by Gasteiger charge is -2.18. The first-order valence-electron chi connectivity index (χ1n) is 12.3. The van der Waals surface area contributed by atoms with Crippen molar-refractivity contribution in [2.45, 2.75) is 5.92 Å². The van der Waals surface area contributed by atoms with Crippen LogP contribution in [0, 0.1) is 5.82 Å². The molecule has 190 valence electrons. The average Bonchev–Trinajstić information content (AvgIpc) is 3.69. The van der Waals surface area contributed by atoms with Gasteiger partial charge in [-0.1, -0.05) is 41.4 Å². The standard InChI is InChI=1S/C31H19Cl2FN4O/c32-20-8-10-27-23(13-20)25(15-35-27)29(26-16-36-28-11-9-21(33)14-24(26)28)17-4-6-18(7-5-17)30-37-38-31(39-30)19-2-1-3-22(34)12-19/h1-16,29,35-36H. The highest BCUT2D eigenvalue weighted by atomic mass is 35.5. The first-order chi connectivity index (χ1) is 19.0. The fourth-order valence-electron chi connectivity index (χ4n) is 5.13. The minimum atomic E-state index is -0.361. The van der Waals surface area contributed by atoms with Gasteiger partial charge in [0.2, 0.25) is 11.8 Å². The molecule has 7 rings (SSSR count). The second-order valence-electron chi connectivity index (χ2n) is 9.35. The van der Waals surface area contributed by atoms with Crippen molar-refractivity contribution < 1.29 is 8.81 Å².